The fourth-order valence-electron chi connectivity index (χ4n) is 3.90. The monoisotopic (exact) mass is 517 g/mol. The Morgan fingerprint density at radius 2 is 1.90 bits per heavy atom. The maximum absolute atomic E-state index is 13.0. The first kappa shape index (κ1) is 20.8. The summed E-state index contributed by atoms with van der Waals surface area (Å²) in [5, 5.41) is 0. The van der Waals surface area contributed by atoms with Gasteiger partial charge in [-0.25, -0.2) is 0 Å². The van der Waals surface area contributed by atoms with Crippen molar-refractivity contribution < 1.29 is 19.1 Å². The Hall–Kier alpha value is -2.48. The number of ether oxygens (including phenoxy) is 2. The number of esters is 2. The molecule has 0 radical (unpaired) electrons. The normalized spacial score (nSPS) is 21.1. The van der Waals surface area contributed by atoms with E-state index in [1.807, 2.05) is 60.7 Å². The molecule has 0 fully saturated rings. The number of nitrogens with two attached hydrogens (primary N) is 1. The molecule has 5 nitrogen and oxygen atoms in total. The first-order chi connectivity index (χ1) is 14.6. The Morgan fingerprint density at radius 1 is 1.13 bits per heavy atom. The van der Waals surface area contributed by atoms with E-state index in [-0.39, 0.29) is 51.6 Å². The number of benzene rings is 2. The Labute approximate surface area is 186 Å². The van der Waals surface area contributed by atoms with Gasteiger partial charge in [0.2, 0.25) is 0 Å². The van der Waals surface area contributed by atoms with Crippen LogP contribution in [0.15, 0.2) is 66.4 Å². The topological polar surface area (TPSA) is 78.6 Å². The van der Waals surface area contributed by atoms with E-state index in [0.717, 1.165) is 31.9 Å². The van der Waals surface area contributed by atoms with Gasteiger partial charge in [0, 0.05) is 11.6 Å². The first-order valence-corrected chi connectivity index (χ1v) is 12.6. The van der Waals surface area contributed by atoms with E-state index in [1.54, 1.807) is 0 Å². The maximum Gasteiger partial charge on any atom is 0.319 e. The fraction of sp³-hybridized carbons (Fsp3) is 0.292. The van der Waals surface area contributed by atoms with Gasteiger partial charge in [-0.3, -0.25) is 9.59 Å². The Bertz CT molecular complexity index is 999. The van der Waals surface area contributed by atoms with Crippen molar-refractivity contribution in [1.29, 1.82) is 0 Å². The number of allylic oxidation sites excluding steroid dienone is 1. The lowest BCUT2D eigenvalue weighted by atomic mass is 9.79. The number of alkyl halides is 1. The van der Waals surface area contributed by atoms with Crippen LogP contribution in [-0.4, -0.2) is 19.9 Å². The number of hydrogen-bond acceptors (Lipinski definition) is 5. The number of anilines is 1. The van der Waals surface area contributed by atoms with Crippen molar-refractivity contribution in [2.45, 2.75) is 31.8 Å². The van der Waals surface area contributed by atoms with Gasteiger partial charge in [-0.05, 0) is 44.0 Å². The van der Waals surface area contributed by atoms with Gasteiger partial charge in [0.25, 0.3) is 0 Å². The third-order valence-electron chi connectivity index (χ3n) is 5.34. The Morgan fingerprint density at radius 3 is 2.70 bits per heavy atom. The average molecular weight is 517 g/mol. The minimum absolute atomic E-state index is 0.0266. The molecule has 0 spiro atoms. The lowest BCUT2D eigenvalue weighted by Gasteiger charge is -2.29. The molecular weight excluding hydrogens is 493 g/mol. The van der Waals surface area contributed by atoms with Crippen molar-refractivity contribution in [3.05, 3.63) is 77.6 Å². The van der Waals surface area contributed by atoms with Crippen LogP contribution in [0.25, 0.3) is 0 Å². The van der Waals surface area contributed by atoms with Gasteiger partial charge >= 0.3 is 11.9 Å². The fourth-order valence-corrected chi connectivity index (χ4v) is 7.07. The van der Waals surface area contributed by atoms with Crippen molar-refractivity contribution in [3.63, 3.8) is 0 Å². The minimum atomic E-state index is -0.396. The molecule has 156 valence electrons. The minimum Gasteiger partial charge on any atom is -0.460 e. The third-order valence-corrected chi connectivity index (χ3v) is 8.50. The Kier molecular flexibility index (Phi) is 6.62. The van der Waals surface area contributed by atoms with Crippen LogP contribution in [0.4, 0.5) is 5.69 Å². The highest BCUT2D eigenvalue weighted by molar-refractivity contribution is 14.2. The molecular formula is C24H24INO4. The Balaban J connectivity index is 1.49. The second-order valence-electron chi connectivity index (χ2n) is 7.42. The zero-order valence-corrected chi connectivity index (χ0v) is 18.7. The SMILES string of the molecule is Nc1ccccc1[C@@H]1CCCI=C2C=C(CC(=O)OCc3ccccc3)OC(=O)C21. The van der Waals surface area contributed by atoms with Gasteiger partial charge in [-0.2, -0.15) is 0 Å². The van der Waals surface area contributed by atoms with E-state index < -0.39 is 5.97 Å². The maximum atomic E-state index is 13.0. The highest BCUT2D eigenvalue weighted by Crippen LogP contribution is 2.41. The second-order valence-corrected chi connectivity index (χ2v) is 10.5. The van der Waals surface area contributed by atoms with E-state index in [9.17, 15) is 9.59 Å². The van der Waals surface area contributed by atoms with Gasteiger partial charge < -0.3 is 15.2 Å². The molecule has 0 amide bonds. The molecule has 2 aromatic carbocycles. The second kappa shape index (κ2) is 9.55. The van der Waals surface area contributed by atoms with Crippen molar-refractivity contribution in [1.82, 2.24) is 0 Å². The van der Waals surface area contributed by atoms with Gasteiger partial charge in [-0.15, -0.1) is 20.7 Å². The predicted molar refractivity (Wildman–Crippen MR) is 125 cm³/mol. The summed E-state index contributed by atoms with van der Waals surface area (Å²) < 4.78 is 13.2. The van der Waals surface area contributed by atoms with Gasteiger partial charge in [0.15, 0.2) is 0 Å². The summed E-state index contributed by atoms with van der Waals surface area (Å²) in [5.41, 5.74) is 8.87. The van der Waals surface area contributed by atoms with Crippen molar-refractivity contribution >= 4 is 41.9 Å². The summed E-state index contributed by atoms with van der Waals surface area (Å²) in [6, 6.07) is 17.3. The molecule has 0 aliphatic carbocycles. The molecule has 0 aromatic heterocycles. The van der Waals surface area contributed by atoms with Crippen LogP contribution in [0.5, 0.6) is 0 Å². The zero-order valence-electron chi connectivity index (χ0n) is 16.6. The largest absolute Gasteiger partial charge is 0.460 e. The van der Waals surface area contributed by atoms with Gasteiger partial charge in [0.1, 0.15) is 18.8 Å². The van der Waals surface area contributed by atoms with Crippen LogP contribution in [0, 0.1) is 5.92 Å². The quantitative estimate of drug-likeness (QED) is 0.274. The number of cyclic esters (lactones) is 1. The zero-order chi connectivity index (χ0) is 20.9. The molecule has 2 heterocycles. The lowest BCUT2D eigenvalue weighted by Crippen LogP contribution is -2.34. The van der Waals surface area contributed by atoms with E-state index in [0.29, 0.717) is 11.4 Å². The standard InChI is InChI=1S/C24H24INO4/c26-21-11-5-4-9-18(21)19-10-6-12-25-20-13-17(30-24(28)23(19)20)14-22(27)29-15-16-7-2-1-3-8-16/h1-5,7-9,11,13,19,23H,6,10,12,14-15,26H2/t19-,23?/m0/s1. The van der Waals surface area contributed by atoms with Crippen LogP contribution in [0.2, 0.25) is 0 Å². The van der Waals surface area contributed by atoms with Crippen LogP contribution in [0.1, 0.15) is 36.3 Å². The van der Waals surface area contributed by atoms with Gasteiger partial charge in [-0.1, -0.05) is 48.5 Å². The van der Waals surface area contributed by atoms with E-state index in [2.05, 4.69) is 0 Å². The summed E-state index contributed by atoms with van der Waals surface area (Å²) >= 11 is -0.282. The molecule has 0 saturated heterocycles. The number of carbonyl (C=O) groups excluding carboxylic acids is 2. The molecule has 2 aliphatic heterocycles. The molecule has 2 atom stereocenters. The third kappa shape index (κ3) is 4.80. The molecule has 4 rings (SSSR count). The number of hydrogen-bond donors (Lipinski definition) is 1. The summed E-state index contributed by atoms with van der Waals surface area (Å²) in [6.45, 7) is 0.211. The summed E-state index contributed by atoms with van der Waals surface area (Å²) in [4.78, 5) is 25.3. The van der Waals surface area contributed by atoms with Crippen LogP contribution in [0.3, 0.4) is 0 Å². The average Bonchev–Trinajstić information content (AvgIpc) is 2.96. The molecule has 2 aromatic rings. The molecule has 0 bridgehead atoms. The van der Waals surface area contributed by atoms with E-state index >= 15 is 0 Å². The highest BCUT2D eigenvalue weighted by atomic mass is 127. The van der Waals surface area contributed by atoms with Crippen LogP contribution < -0.4 is 5.73 Å². The highest BCUT2D eigenvalue weighted by Gasteiger charge is 2.39. The molecule has 2 N–H and O–H groups in total. The first-order valence-electron chi connectivity index (χ1n) is 10.0. The molecule has 30 heavy (non-hydrogen) atoms. The van der Waals surface area contributed by atoms with Crippen molar-refractivity contribution in [2.75, 3.05) is 10.2 Å². The van der Waals surface area contributed by atoms with Crippen LogP contribution in [-0.2, 0) is 25.7 Å². The lowest BCUT2D eigenvalue weighted by molar-refractivity contribution is -0.147. The number of nitrogen functional groups attached to an aromatic ring is 1. The molecule has 1 unspecified atom stereocenters. The number of rotatable bonds is 5. The van der Waals surface area contributed by atoms with Gasteiger partial charge in [0.05, 0.1) is 5.92 Å². The van der Waals surface area contributed by atoms with Crippen LogP contribution >= 0.6 is 20.7 Å². The number of fused-ring (bicyclic) bond motifs is 1. The summed E-state index contributed by atoms with van der Waals surface area (Å²) in [5.74, 6) is -0.542. The predicted octanol–water partition coefficient (Wildman–Crippen LogP) is 4.48. The molecule has 2 aliphatic rings. The smallest absolute Gasteiger partial charge is 0.319 e. The van der Waals surface area contributed by atoms with E-state index in [4.69, 9.17) is 15.2 Å². The molecule has 6 heteroatoms. The number of para-hydroxylation sites is 1. The number of halogens is 1. The number of carbonyl (C=O) groups is 2. The van der Waals surface area contributed by atoms with E-state index in [1.165, 1.54) is 0 Å². The summed E-state index contributed by atoms with van der Waals surface area (Å²) in [7, 11) is 0. The van der Waals surface area contributed by atoms with Crippen molar-refractivity contribution in [3.8, 4) is 0 Å². The molecule has 0 saturated carbocycles. The summed E-state index contributed by atoms with van der Waals surface area (Å²) in [6.07, 6.45) is 3.89. The van der Waals surface area contributed by atoms with Crippen molar-refractivity contribution in [2.24, 2.45) is 5.92 Å².